The van der Waals surface area contributed by atoms with Crippen LogP contribution >= 0.6 is 54.5 Å². The molecule has 0 saturated carbocycles. The van der Waals surface area contributed by atoms with E-state index in [0.717, 1.165) is 15.8 Å². The highest BCUT2D eigenvalue weighted by Crippen LogP contribution is 2.42. The van der Waals surface area contributed by atoms with Crippen LogP contribution in [0.15, 0.2) is 34.8 Å². The van der Waals surface area contributed by atoms with Crippen molar-refractivity contribution in [3.8, 4) is 5.75 Å². The van der Waals surface area contributed by atoms with E-state index < -0.39 is 0 Å². The molecule has 1 atom stereocenters. The van der Waals surface area contributed by atoms with E-state index in [1.165, 1.54) is 20.3 Å². The van der Waals surface area contributed by atoms with Crippen LogP contribution in [0.3, 0.4) is 0 Å². The molecule has 0 fully saturated rings. The van der Waals surface area contributed by atoms with Crippen LogP contribution in [-0.4, -0.2) is 7.11 Å². The fraction of sp³-hybridized carbons (Fsp3) is 0.250. The highest BCUT2D eigenvalue weighted by atomic mass is 127. The van der Waals surface area contributed by atoms with Gasteiger partial charge in [0.25, 0.3) is 0 Å². The Labute approximate surface area is 150 Å². The van der Waals surface area contributed by atoms with Gasteiger partial charge in [-0.2, -0.15) is 0 Å². The van der Waals surface area contributed by atoms with E-state index >= 15 is 0 Å². The van der Waals surface area contributed by atoms with E-state index in [1.54, 1.807) is 7.11 Å². The molecule has 0 spiro atoms. The molecule has 0 aliphatic heterocycles. The molecule has 1 unspecified atom stereocenters. The molecule has 2 aromatic carbocycles. The summed E-state index contributed by atoms with van der Waals surface area (Å²) in [6, 6.07) is 10.6. The van der Waals surface area contributed by atoms with Gasteiger partial charge >= 0.3 is 0 Å². The van der Waals surface area contributed by atoms with Crippen LogP contribution in [0.4, 0.5) is 0 Å². The van der Waals surface area contributed by atoms with E-state index in [0.29, 0.717) is 0 Å². The number of hydrogen-bond acceptors (Lipinski definition) is 1. The second-order valence-corrected chi connectivity index (χ2v) is 7.68. The van der Waals surface area contributed by atoms with Crippen LogP contribution in [0.1, 0.15) is 27.1 Å². The zero-order chi connectivity index (χ0) is 14.9. The molecule has 0 aliphatic rings. The molecule has 106 valence electrons. The molecule has 0 bridgehead atoms. The van der Waals surface area contributed by atoms with Crippen LogP contribution < -0.4 is 4.74 Å². The van der Waals surface area contributed by atoms with Crippen molar-refractivity contribution in [1.29, 1.82) is 0 Å². The fourth-order valence-electron chi connectivity index (χ4n) is 2.25. The molecule has 0 amide bonds. The van der Waals surface area contributed by atoms with E-state index in [2.05, 4.69) is 98.6 Å². The van der Waals surface area contributed by atoms with Crippen LogP contribution in [-0.2, 0) is 0 Å². The molecular weight excluding hydrogens is 495 g/mol. The Kier molecular flexibility index (Phi) is 5.54. The Morgan fingerprint density at radius 3 is 2.30 bits per heavy atom. The number of ether oxygens (including phenoxy) is 1. The molecule has 0 saturated heterocycles. The molecule has 0 radical (unpaired) electrons. The lowest BCUT2D eigenvalue weighted by Crippen LogP contribution is -2.03. The van der Waals surface area contributed by atoms with Crippen molar-refractivity contribution in [2.24, 2.45) is 0 Å². The van der Waals surface area contributed by atoms with E-state index in [4.69, 9.17) is 4.74 Å². The van der Waals surface area contributed by atoms with Crippen molar-refractivity contribution < 1.29 is 4.74 Å². The van der Waals surface area contributed by atoms with Gasteiger partial charge in [-0.1, -0.05) is 44.0 Å². The van der Waals surface area contributed by atoms with Crippen molar-refractivity contribution in [1.82, 2.24) is 0 Å². The SMILES string of the molecule is COc1c(C)cc(Br)c(C)c1C(Br)c1ccc(I)cc1. The van der Waals surface area contributed by atoms with Crippen LogP contribution in [0, 0.1) is 17.4 Å². The lowest BCUT2D eigenvalue weighted by Gasteiger charge is -2.20. The quantitative estimate of drug-likeness (QED) is 0.355. The van der Waals surface area contributed by atoms with Gasteiger partial charge in [-0.15, -0.1) is 0 Å². The fourth-order valence-corrected chi connectivity index (χ4v) is 4.02. The second-order valence-electron chi connectivity index (χ2n) is 4.66. The number of methoxy groups -OCH3 is 1. The van der Waals surface area contributed by atoms with Crippen molar-refractivity contribution in [3.05, 3.63) is 60.6 Å². The minimum atomic E-state index is 0.116. The van der Waals surface area contributed by atoms with Crippen LogP contribution in [0.5, 0.6) is 5.75 Å². The van der Waals surface area contributed by atoms with Gasteiger partial charge in [-0.05, 0) is 71.3 Å². The summed E-state index contributed by atoms with van der Waals surface area (Å²) in [5.74, 6) is 0.950. The molecule has 2 rings (SSSR count). The summed E-state index contributed by atoms with van der Waals surface area (Å²) in [6.45, 7) is 4.18. The standard InChI is InChI=1S/C16H15Br2IO/c1-9-8-13(17)10(2)14(16(9)20-3)15(18)11-4-6-12(19)7-5-11/h4-8,15H,1-3H3. The first-order valence-electron chi connectivity index (χ1n) is 6.18. The maximum absolute atomic E-state index is 5.63. The summed E-state index contributed by atoms with van der Waals surface area (Å²) >= 11 is 9.78. The number of alkyl halides is 1. The summed E-state index contributed by atoms with van der Waals surface area (Å²) in [5, 5.41) is 0. The number of benzene rings is 2. The molecule has 0 aliphatic carbocycles. The molecular formula is C16H15Br2IO. The summed E-state index contributed by atoms with van der Waals surface area (Å²) in [5.41, 5.74) is 4.74. The van der Waals surface area contributed by atoms with E-state index in [1.807, 2.05) is 0 Å². The molecule has 0 N–H and O–H groups in total. The number of hydrogen-bond donors (Lipinski definition) is 0. The maximum Gasteiger partial charge on any atom is 0.126 e. The van der Waals surface area contributed by atoms with Crippen molar-refractivity contribution >= 4 is 54.5 Å². The topological polar surface area (TPSA) is 9.23 Å². The lowest BCUT2D eigenvalue weighted by molar-refractivity contribution is 0.406. The van der Waals surface area contributed by atoms with Gasteiger partial charge in [0.05, 0.1) is 11.9 Å². The zero-order valence-electron chi connectivity index (χ0n) is 11.5. The van der Waals surface area contributed by atoms with Crippen molar-refractivity contribution in [2.75, 3.05) is 7.11 Å². The van der Waals surface area contributed by atoms with Gasteiger partial charge in [-0.25, -0.2) is 0 Å². The van der Waals surface area contributed by atoms with E-state index in [-0.39, 0.29) is 4.83 Å². The Hall–Kier alpha value is -0.0700. The normalized spacial score (nSPS) is 12.3. The minimum Gasteiger partial charge on any atom is -0.496 e. The molecule has 0 heterocycles. The Bertz CT molecular complexity index is 623. The number of halogens is 3. The summed E-state index contributed by atoms with van der Waals surface area (Å²) in [4.78, 5) is 0.116. The largest absolute Gasteiger partial charge is 0.496 e. The van der Waals surface area contributed by atoms with Crippen molar-refractivity contribution in [3.63, 3.8) is 0 Å². The summed E-state index contributed by atoms with van der Waals surface area (Å²) < 4.78 is 7.97. The van der Waals surface area contributed by atoms with Gasteiger partial charge in [0, 0.05) is 13.6 Å². The average Bonchev–Trinajstić information content (AvgIpc) is 2.42. The predicted octanol–water partition coefficient (Wildman–Crippen LogP) is 6.16. The molecule has 4 heteroatoms. The summed E-state index contributed by atoms with van der Waals surface area (Å²) in [7, 11) is 1.73. The zero-order valence-corrected chi connectivity index (χ0v) is 16.8. The van der Waals surface area contributed by atoms with E-state index in [9.17, 15) is 0 Å². The first-order chi connectivity index (χ1) is 9.45. The Balaban J connectivity index is 2.58. The highest BCUT2D eigenvalue weighted by molar-refractivity contribution is 14.1. The molecule has 20 heavy (non-hydrogen) atoms. The van der Waals surface area contributed by atoms with Gasteiger partial charge in [0.15, 0.2) is 0 Å². The smallest absolute Gasteiger partial charge is 0.126 e. The first-order valence-corrected chi connectivity index (χ1v) is 8.97. The monoisotopic (exact) mass is 508 g/mol. The third-order valence-electron chi connectivity index (χ3n) is 3.33. The van der Waals surface area contributed by atoms with Gasteiger partial charge < -0.3 is 4.74 Å². The number of rotatable bonds is 3. The Morgan fingerprint density at radius 1 is 1.15 bits per heavy atom. The Morgan fingerprint density at radius 2 is 1.75 bits per heavy atom. The molecule has 2 aromatic rings. The first kappa shape index (κ1) is 16.3. The van der Waals surface area contributed by atoms with Gasteiger partial charge in [-0.3, -0.25) is 0 Å². The molecule has 0 aromatic heterocycles. The van der Waals surface area contributed by atoms with Gasteiger partial charge in [0.2, 0.25) is 0 Å². The summed E-state index contributed by atoms with van der Waals surface area (Å²) in [6.07, 6.45) is 0. The third kappa shape index (κ3) is 3.22. The van der Waals surface area contributed by atoms with Crippen molar-refractivity contribution in [2.45, 2.75) is 18.7 Å². The minimum absolute atomic E-state index is 0.116. The maximum atomic E-state index is 5.63. The highest BCUT2D eigenvalue weighted by Gasteiger charge is 2.21. The van der Waals surface area contributed by atoms with Gasteiger partial charge in [0.1, 0.15) is 5.75 Å². The van der Waals surface area contributed by atoms with Crippen LogP contribution in [0.2, 0.25) is 0 Å². The lowest BCUT2D eigenvalue weighted by atomic mass is 9.97. The average molecular weight is 510 g/mol. The third-order valence-corrected chi connectivity index (χ3v) is 5.86. The van der Waals surface area contributed by atoms with Crippen LogP contribution in [0.25, 0.3) is 0 Å². The predicted molar refractivity (Wildman–Crippen MR) is 100 cm³/mol. The number of aryl methyl sites for hydroxylation is 1. The second kappa shape index (κ2) is 6.79. The molecule has 1 nitrogen and oxygen atoms in total.